The lowest BCUT2D eigenvalue weighted by Gasteiger charge is -2.22. The van der Waals surface area contributed by atoms with E-state index in [1.54, 1.807) is 0 Å². The summed E-state index contributed by atoms with van der Waals surface area (Å²) < 4.78 is 11.6. The highest BCUT2D eigenvalue weighted by molar-refractivity contribution is 5.41. The van der Waals surface area contributed by atoms with E-state index in [4.69, 9.17) is 9.47 Å². The summed E-state index contributed by atoms with van der Waals surface area (Å²) in [5.74, 6) is 1.78. The molecule has 0 spiro atoms. The fourth-order valence-corrected chi connectivity index (χ4v) is 1.71. The van der Waals surface area contributed by atoms with E-state index in [0.29, 0.717) is 0 Å². The second-order valence-corrected chi connectivity index (χ2v) is 6.39. The zero-order chi connectivity index (χ0) is 15.2. The van der Waals surface area contributed by atoms with E-state index in [-0.39, 0.29) is 11.6 Å². The molecule has 0 amide bonds. The van der Waals surface area contributed by atoms with Crippen LogP contribution in [0.25, 0.3) is 0 Å². The zero-order valence-corrected chi connectivity index (χ0v) is 13.7. The Labute approximate surface area is 123 Å². The number of ether oxygens (including phenoxy) is 2. The molecule has 0 atom stereocenters. The van der Waals surface area contributed by atoms with E-state index >= 15 is 0 Å². The Balaban J connectivity index is 2.85. The second-order valence-electron chi connectivity index (χ2n) is 6.39. The number of benzene rings is 1. The fraction of sp³-hybridized carbons (Fsp3) is 0.647. The van der Waals surface area contributed by atoms with Gasteiger partial charge in [-0.1, -0.05) is 13.0 Å². The molecule has 1 N–H and O–H groups in total. The number of rotatable bonds is 7. The molecule has 0 aliphatic carbocycles. The largest absolute Gasteiger partial charge is 0.493 e. The summed E-state index contributed by atoms with van der Waals surface area (Å²) in [5.41, 5.74) is 1.25. The first-order valence-corrected chi connectivity index (χ1v) is 7.49. The van der Waals surface area contributed by atoms with Crippen LogP contribution in [0.1, 0.15) is 53.5 Å². The van der Waals surface area contributed by atoms with Gasteiger partial charge in [0, 0.05) is 23.7 Å². The highest BCUT2D eigenvalue weighted by Crippen LogP contribution is 2.26. The molecular weight excluding hydrogens is 250 g/mol. The minimum atomic E-state index is 0.0898. The second kappa shape index (κ2) is 7.53. The van der Waals surface area contributed by atoms with E-state index < -0.39 is 0 Å². The topological polar surface area (TPSA) is 30.5 Å². The fourth-order valence-electron chi connectivity index (χ4n) is 1.71. The molecule has 0 radical (unpaired) electrons. The Hall–Kier alpha value is -1.22. The Morgan fingerprint density at radius 3 is 2.45 bits per heavy atom. The molecule has 3 heteroatoms. The molecule has 0 aromatic heterocycles. The molecule has 1 aromatic carbocycles. The van der Waals surface area contributed by atoms with Gasteiger partial charge in [0.2, 0.25) is 0 Å². The predicted octanol–water partition coefficient (Wildman–Crippen LogP) is 4.15. The quantitative estimate of drug-likeness (QED) is 0.813. The smallest absolute Gasteiger partial charge is 0.127 e. The molecule has 0 heterocycles. The van der Waals surface area contributed by atoms with Gasteiger partial charge < -0.3 is 14.8 Å². The molecular formula is C17H29NO2. The van der Waals surface area contributed by atoms with Gasteiger partial charge in [0.05, 0.1) is 12.7 Å². The molecule has 1 rings (SSSR count). The maximum atomic E-state index is 5.91. The van der Waals surface area contributed by atoms with Crippen LogP contribution in [0.2, 0.25) is 0 Å². The molecule has 0 aliphatic rings. The summed E-state index contributed by atoms with van der Waals surface area (Å²) in [6, 6.07) is 6.10. The van der Waals surface area contributed by atoms with Crippen molar-refractivity contribution in [2.75, 3.05) is 6.61 Å². The normalized spacial score (nSPS) is 11.8. The maximum absolute atomic E-state index is 5.91. The van der Waals surface area contributed by atoms with E-state index in [9.17, 15) is 0 Å². The van der Waals surface area contributed by atoms with Crippen molar-refractivity contribution in [3.05, 3.63) is 23.8 Å². The first-order valence-electron chi connectivity index (χ1n) is 7.49. The van der Waals surface area contributed by atoms with Crippen LogP contribution >= 0.6 is 0 Å². The predicted molar refractivity (Wildman–Crippen MR) is 84.6 cm³/mol. The van der Waals surface area contributed by atoms with Crippen LogP contribution in [0, 0.1) is 0 Å². The van der Waals surface area contributed by atoms with Crippen molar-refractivity contribution in [1.29, 1.82) is 0 Å². The number of nitrogens with one attached hydrogen (secondary N) is 1. The van der Waals surface area contributed by atoms with Gasteiger partial charge >= 0.3 is 0 Å². The van der Waals surface area contributed by atoms with Crippen LogP contribution in [-0.2, 0) is 6.54 Å². The first-order chi connectivity index (χ1) is 9.31. The van der Waals surface area contributed by atoms with Gasteiger partial charge in [0.1, 0.15) is 11.5 Å². The Kier molecular flexibility index (Phi) is 6.34. The third-order valence-corrected chi connectivity index (χ3v) is 2.68. The molecule has 0 saturated carbocycles. The van der Waals surface area contributed by atoms with Crippen molar-refractivity contribution < 1.29 is 9.47 Å². The molecule has 1 aromatic rings. The van der Waals surface area contributed by atoms with Crippen LogP contribution in [0.5, 0.6) is 11.5 Å². The van der Waals surface area contributed by atoms with Gasteiger partial charge in [-0.3, -0.25) is 0 Å². The molecule has 0 aliphatic heterocycles. The van der Waals surface area contributed by atoms with Gasteiger partial charge in [0.15, 0.2) is 0 Å². The van der Waals surface area contributed by atoms with Crippen molar-refractivity contribution >= 4 is 0 Å². The Bertz CT molecular complexity index is 408. The lowest BCUT2D eigenvalue weighted by molar-refractivity contribution is 0.236. The molecule has 0 bridgehead atoms. The summed E-state index contributed by atoms with van der Waals surface area (Å²) in [5, 5.41) is 3.49. The van der Waals surface area contributed by atoms with Crippen molar-refractivity contribution in [2.24, 2.45) is 0 Å². The lowest BCUT2D eigenvalue weighted by atomic mass is 10.1. The van der Waals surface area contributed by atoms with Gasteiger partial charge in [-0.25, -0.2) is 0 Å². The minimum Gasteiger partial charge on any atom is -0.493 e. The van der Waals surface area contributed by atoms with Crippen LogP contribution in [0.15, 0.2) is 18.2 Å². The van der Waals surface area contributed by atoms with Crippen molar-refractivity contribution in [3.8, 4) is 11.5 Å². The Morgan fingerprint density at radius 2 is 1.90 bits per heavy atom. The summed E-state index contributed by atoms with van der Waals surface area (Å²) in [7, 11) is 0. The van der Waals surface area contributed by atoms with Crippen molar-refractivity contribution in [1.82, 2.24) is 5.32 Å². The lowest BCUT2D eigenvalue weighted by Crippen LogP contribution is -2.35. The van der Waals surface area contributed by atoms with Gasteiger partial charge in [-0.15, -0.1) is 0 Å². The minimum absolute atomic E-state index is 0.0898. The average Bonchev–Trinajstić information content (AvgIpc) is 2.33. The first kappa shape index (κ1) is 16.8. The number of hydrogen-bond acceptors (Lipinski definition) is 3. The highest BCUT2D eigenvalue weighted by Gasteiger charge is 2.12. The average molecular weight is 279 g/mol. The van der Waals surface area contributed by atoms with Crippen molar-refractivity contribution in [2.45, 2.75) is 66.2 Å². The molecule has 3 nitrogen and oxygen atoms in total. The molecule has 114 valence electrons. The zero-order valence-electron chi connectivity index (χ0n) is 13.7. The monoisotopic (exact) mass is 279 g/mol. The summed E-state index contributed by atoms with van der Waals surface area (Å²) >= 11 is 0. The van der Waals surface area contributed by atoms with Crippen molar-refractivity contribution in [3.63, 3.8) is 0 Å². The third-order valence-electron chi connectivity index (χ3n) is 2.68. The maximum Gasteiger partial charge on any atom is 0.127 e. The van der Waals surface area contributed by atoms with Gasteiger partial charge in [-0.05, 0) is 47.1 Å². The van der Waals surface area contributed by atoms with Crippen LogP contribution in [0.4, 0.5) is 0 Å². The third kappa shape index (κ3) is 6.29. The SMILES string of the molecule is CCCOc1ccc(CNC(C)(C)C)c(OC(C)C)c1. The summed E-state index contributed by atoms with van der Waals surface area (Å²) in [4.78, 5) is 0. The van der Waals surface area contributed by atoms with Gasteiger partial charge in [-0.2, -0.15) is 0 Å². The van der Waals surface area contributed by atoms with E-state index in [2.05, 4.69) is 39.1 Å². The Morgan fingerprint density at radius 1 is 1.20 bits per heavy atom. The van der Waals surface area contributed by atoms with E-state index in [1.807, 2.05) is 26.0 Å². The standard InChI is InChI=1S/C17H29NO2/c1-7-10-19-15-9-8-14(12-18-17(4,5)6)16(11-15)20-13(2)3/h8-9,11,13,18H,7,10,12H2,1-6H3. The van der Waals surface area contributed by atoms with Crippen LogP contribution in [-0.4, -0.2) is 18.2 Å². The van der Waals surface area contributed by atoms with Crippen LogP contribution in [0.3, 0.4) is 0 Å². The van der Waals surface area contributed by atoms with Crippen LogP contribution < -0.4 is 14.8 Å². The summed E-state index contributed by atoms with van der Waals surface area (Å²) in [6.45, 7) is 14.2. The molecule has 0 saturated heterocycles. The van der Waals surface area contributed by atoms with E-state index in [0.717, 1.165) is 36.6 Å². The summed E-state index contributed by atoms with van der Waals surface area (Å²) in [6.07, 6.45) is 1.16. The molecule has 0 fully saturated rings. The highest BCUT2D eigenvalue weighted by atomic mass is 16.5. The van der Waals surface area contributed by atoms with Gasteiger partial charge in [0.25, 0.3) is 0 Å². The number of hydrogen-bond donors (Lipinski definition) is 1. The molecule has 0 unspecified atom stereocenters. The molecule has 20 heavy (non-hydrogen) atoms. The van der Waals surface area contributed by atoms with E-state index in [1.165, 1.54) is 0 Å².